The second-order valence-corrected chi connectivity index (χ2v) is 6.69. The molecule has 0 radical (unpaired) electrons. The van der Waals surface area contributed by atoms with Crippen LogP contribution in [0.5, 0.6) is 0 Å². The number of carbonyl (C=O) groups is 1. The highest BCUT2D eigenvalue weighted by Crippen LogP contribution is 2.17. The fraction of sp³-hybridized carbons (Fsp3) is 0.143. The molecule has 3 heterocycles. The molecule has 7 nitrogen and oxygen atoms in total. The summed E-state index contributed by atoms with van der Waals surface area (Å²) < 4.78 is 21.1. The summed E-state index contributed by atoms with van der Waals surface area (Å²) in [5, 5.41) is 0.227. The second-order valence-electron chi connectivity index (χ2n) is 6.69. The van der Waals surface area contributed by atoms with Gasteiger partial charge < -0.3 is 10.5 Å². The number of hydrogen-bond acceptors (Lipinski definition) is 5. The van der Waals surface area contributed by atoms with E-state index in [0.29, 0.717) is 11.3 Å². The lowest BCUT2D eigenvalue weighted by Crippen LogP contribution is -2.42. The summed E-state index contributed by atoms with van der Waals surface area (Å²) in [7, 11) is 1.24. The highest BCUT2D eigenvalue weighted by Gasteiger charge is 2.25. The lowest BCUT2D eigenvalue weighted by Gasteiger charge is -2.12. The zero-order chi connectivity index (χ0) is 20.7. The number of aryl methyl sites for hydroxylation is 1. The summed E-state index contributed by atoms with van der Waals surface area (Å²) in [5.41, 5.74) is 8.38. The molecule has 0 spiro atoms. The maximum absolute atomic E-state index is 13.3. The zero-order valence-electron chi connectivity index (χ0n) is 15.8. The molecule has 29 heavy (non-hydrogen) atoms. The molecule has 0 unspecified atom stereocenters. The fourth-order valence-electron chi connectivity index (χ4n) is 3.32. The van der Waals surface area contributed by atoms with Gasteiger partial charge in [-0.15, -0.1) is 0 Å². The van der Waals surface area contributed by atoms with Crippen molar-refractivity contribution in [3.05, 3.63) is 81.5 Å². The van der Waals surface area contributed by atoms with E-state index in [4.69, 9.17) is 10.5 Å². The molecule has 0 aliphatic rings. The third kappa shape index (κ3) is 3.08. The molecule has 4 aromatic rings. The molecular weight excluding hydrogens is 375 g/mol. The van der Waals surface area contributed by atoms with Gasteiger partial charge in [0.15, 0.2) is 0 Å². The number of halogens is 1. The van der Waals surface area contributed by atoms with Gasteiger partial charge in [-0.1, -0.05) is 23.2 Å². The van der Waals surface area contributed by atoms with E-state index < -0.39 is 5.97 Å². The molecule has 0 saturated carbocycles. The first-order chi connectivity index (χ1) is 13.9. The van der Waals surface area contributed by atoms with Gasteiger partial charge in [0.05, 0.1) is 13.7 Å². The molecule has 4 rings (SSSR count). The number of nitrogens with zero attached hydrogens (tertiary/aromatic N) is 3. The predicted octanol–water partition coefficient (Wildman–Crippen LogP) is 2.00. The molecule has 1 aromatic carbocycles. The van der Waals surface area contributed by atoms with Crippen LogP contribution < -0.4 is 15.9 Å². The SMILES string of the molecule is COC(=O)c1cc2c(=O)n3cccc(C)c3nc2[n+](Cc2ccc(F)cc2)c1N. The van der Waals surface area contributed by atoms with Crippen molar-refractivity contribution in [3.8, 4) is 0 Å². The Labute approximate surface area is 164 Å². The largest absolute Gasteiger partial charge is 0.465 e. The number of nitrogens with two attached hydrogens (primary N) is 1. The lowest BCUT2D eigenvalue weighted by atomic mass is 10.1. The van der Waals surface area contributed by atoms with Crippen LogP contribution in [0.2, 0.25) is 0 Å². The standard InChI is InChI=1S/C21H17FN4O3/c1-12-4-3-9-25-18(12)24-19-16(20(25)27)10-15(21(28)29-2)17(23)26(19)11-13-5-7-14(22)8-6-13/h3-10,23H,11H2,1-2H3/p+1. The molecule has 0 saturated heterocycles. The Morgan fingerprint density at radius 2 is 2.00 bits per heavy atom. The average molecular weight is 393 g/mol. The maximum atomic E-state index is 13.3. The van der Waals surface area contributed by atoms with Gasteiger partial charge in [0, 0.05) is 11.8 Å². The number of hydrogen-bond donors (Lipinski definition) is 1. The van der Waals surface area contributed by atoms with Crippen LogP contribution in [0.3, 0.4) is 0 Å². The number of aromatic nitrogens is 3. The number of fused-ring (bicyclic) bond motifs is 2. The molecule has 8 heteroatoms. The summed E-state index contributed by atoms with van der Waals surface area (Å²) in [6, 6.07) is 10.9. The third-order valence-corrected chi connectivity index (χ3v) is 4.83. The molecule has 3 aromatic heterocycles. The lowest BCUT2D eigenvalue weighted by molar-refractivity contribution is -0.649. The van der Waals surface area contributed by atoms with Crippen LogP contribution in [0.25, 0.3) is 16.7 Å². The van der Waals surface area contributed by atoms with Crippen LogP contribution in [0.15, 0.2) is 53.5 Å². The number of carbonyl (C=O) groups excluding carboxylic acids is 1. The van der Waals surface area contributed by atoms with Gasteiger partial charge in [0.1, 0.15) is 16.8 Å². The summed E-state index contributed by atoms with van der Waals surface area (Å²) in [6.07, 6.45) is 1.62. The van der Waals surface area contributed by atoms with E-state index >= 15 is 0 Å². The minimum Gasteiger partial charge on any atom is -0.465 e. The number of esters is 1. The Balaban J connectivity index is 2.09. The first-order valence-corrected chi connectivity index (χ1v) is 8.87. The Kier molecular flexibility index (Phi) is 4.46. The number of ether oxygens (including phenoxy) is 1. The summed E-state index contributed by atoms with van der Waals surface area (Å²) >= 11 is 0. The topological polar surface area (TPSA) is 90.6 Å². The Bertz CT molecular complexity index is 1330. The van der Waals surface area contributed by atoms with Crippen molar-refractivity contribution in [1.29, 1.82) is 0 Å². The van der Waals surface area contributed by atoms with Gasteiger partial charge in [-0.2, -0.15) is 0 Å². The summed E-state index contributed by atoms with van der Waals surface area (Å²) in [6.45, 7) is 2.05. The van der Waals surface area contributed by atoms with Gasteiger partial charge in [0.25, 0.3) is 11.2 Å². The van der Waals surface area contributed by atoms with Gasteiger partial charge in [-0.3, -0.25) is 9.20 Å². The van der Waals surface area contributed by atoms with E-state index in [9.17, 15) is 14.0 Å². The quantitative estimate of drug-likeness (QED) is 0.327. The monoisotopic (exact) mass is 393 g/mol. The molecule has 0 aliphatic carbocycles. The van der Waals surface area contributed by atoms with Crippen molar-refractivity contribution >= 4 is 28.5 Å². The predicted molar refractivity (Wildman–Crippen MR) is 105 cm³/mol. The average Bonchev–Trinajstić information content (AvgIpc) is 2.72. The summed E-state index contributed by atoms with van der Waals surface area (Å²) in [4.78, 5) is 30.1. The molecule has 0 fully saturated rings. The normalized spacial score (nSPS) is 11.1. The van der Waals surface area contributed by atoms with E-state index in [2.05, 4.69) is 4.98 Å². The third-order valence-electron chi connectivity index (χ3n) is 4.83. The molecule has 146 valence electrons. The van der Waals surface area contributed by atoms with E-state index in [1.807, 2.05) is 13.0 Å². The number of anilines is 1. The van der Waals surface area contributed by atoms with Crippen LogP contribution in [0, 0.1) is 12.7 Å². The van der Waals surface area contributed by atoms with E-state index in [-0.39, 0.29) is 34.7 Å². The first kappa shape index (κ1) is 18.5. The number of rotatable bonds is 3. The first-order valence-electron chi connectivity index (χ1n) is 8.87. The highest BCUT2D eigenvalue weighted by atomic mass is 19.1. The van der Waals surface area contributed by atoms with Crippen LogP contribution >= 0.6 is 0 Å². The van der Waals surface area contributed by atoms with Gasteiger partial charge in [-0.25, -0.2) is 13.8 Å². The molecule has 0 amide bonds. The molecule has 0 atom stereocenters. The molecule has 0 bridgehead atoms. The van der Waals surface area contributed by atoms with E-state index in [1.54, 1.807) is 29.0 Å². The molecular formula is C21H18FN4O3+. The van der Waals surface area contributed by atoms with Crippen molar-refractivity contribution in [3.63, 3.8) is 0 Å². The van der Waals surface area contributed by atoms with E-state index in [0.717, 1.165) is 11.1 Å². The minimum absolute atomic E-state index is 0.0635. The minimum atomic E-state index is -0.661. The van der Waals surface area contributed by atoms with Crippen molar-refractivity contribution in [2.45, 2.75) is 13.5 Å². The van der Waals surface area contributed by atoms with Crippen molar-refractivity contribution in [1.82, 2.24) is 9.38 Å². The Morgan fingerprint density at radius 1 is 1.28 bits per heavy atom. The van der Waals surface area contributed by atoms with Gasteiger partial charge >= 0.3 is 5.97 Å². The number of methoxy groups -OCH3 is 1. The van der Waals surface area contributed by atoms with Crippen LogP contribution in [-0.2, 0) is 11.3 Å². The van der Waals surface area contributed by atoms with Crippen molar-refractivity contribution < 1.29 is 18.5 Å². The van der Waals surface area contributed by atoms with Gasteiger partial charge in [0.2, 0.25) is 11.5 Å². The van der Waals surface area contributed by atoms with Crippen LogP contribution in [0.1, 0.15) is 21.5 Å². The van der Waals surface area contributed by atoms with Crippen molar-refractivity contribution in [2.75, 3.05) is 12.8 Å². The fourth-order valence-corrected chi connectivity index (χ4v) is 3.32. The molecule has 2 N–H and O–H groups in total. The molecule has 0 aliphatic heterocycles. The van der Waals surface area contributed by atoms with Crippen molar-refractivity contribution in [2.24, 2.45) is 0 Å². The van der Waals surface area contributed by atoms with Crippen LogP contribution in [0.4, 0.5) is 10.2 Å². The second kappa shape index (κ2) is 6.97. The smallest absolute Gasteiger partial charge is 0.344 e. The number of benzene rings is 1. The number of nitrogen functional groups attached to an aromatic ring is 1. The maximum Gasteiger partial charge on any atom is 0.344 e. The van der Waals surface area contributed by atoms with Crippen LogP contribution in [-0.4, -0.2) is 22.5 Å². The zero-order valence-corrected chi connectivity index (χ0v) is 15.8. The Hall–Kier alpha value is -3.81. The highest BCUT2D eigenvalue weighted by molar-refractivity contribution is 5.96. The number of pyridine rings is 2. The van der Waals surface area contributed by atoms with Gasteiger partial charge in [-0.05, 0) is 36.8 Å². The Morgan fingerprint density at radius 3 is 2.69 bits per heavy atom. The summed E-state index contributed by atoms with van der Waals surface area (Å²) in [5.74, 6) is -0.914. The van der Waals surface area contributed by atoms with E-state index in [1.165, 1.54) is 29.7 Å².